The summed E-state index contributed by atoms with van der Waals surface area (Å²) in [6.07, 6.45) is -0.0203. The van der Waals surface area contributed by atoms with E-state index in [0.29, 0.717) is 22.8 Å². The summed E-state index contributed by atoms with van der Waals surface area (Å²) in [5, 5.41) is 10.3. The number of benzene rings is 2. The zero-order valence-electron chi connectivity index (χ0n) is 17.4. The van der Waals surface area contributed by atoms with Gasteiger partial charge in [-0.25, -0.2) is 4.68 Å². The van der Waals surface area contributed by atoms with Crippen LogP contribution in [0.5, 0.6) is 5.75 Å². The Morgan fingerprint density at radius 3 is 2.42 bits per heavy atom. The molecule has 1 aliphatic heterocycles. The molecule has 1 aromatic heterocycles. The fraction of sp³-hybridized carbons (Fsp3) is 0.217. The fourth-order valence-corrected chi connectivity index (χ4v) is 3.58. The molecule has 1 aliphatic rings. The number of hydrogen-bond donors (Lipinski definition) is 2. The Balaban J connectivity index is 1.64. The molecule has 31 heavy (non-hydrogen) atoms. The third kappa shape index (κ3) is 3.92. The van der Waals surface area contributed by atoms with Crippen LogP contribution in [0.15, 0.2) is 48.5 Å². The maximum Gasteiger partial charge on any atom is 0.249 e. The van der Waals surface area contributed by atoms with Crippen molar-refractivity contribution in [3.05, 3.63) is 59.7 Å². The maximum atomic E-state index is 13.0. The molecular formula is C23H22N4O4. The van der Waals surface area contributed by atoms with Crippen molar-refractivity contribution in [2.24, 2.45) is 0 Å². The lowest BCUT2D eigenvalue weighted by atomic mass is 10.1. The summed E-state index contributed by atoms with van der Waals surface area (Å²) in [5.74, 6) is 0.588. The molecule has 0 unspecified atom stereocenters. The number of Topliss-reactive ketones (excluding diaryl/α,β-unsaturated/α-hetero) is 1. The van der Waals surface area contributed by atoms with Crippen molar-refractivity contribution in [2.75, 3.05) is 17.7 Å². The number of rotatable bonds is 5. The Kier molecular flexibility index (Phi) is 5.29. The van der Waals surface area contributed by atoms with Crippen LogP contribution in [0.1, 0.15) is 35.3 Å². The zero-order chi connectivity index (χ0) is 22.1. The highest BCUT2D eigenvalue weighted by Crippen LogP contribution is 2.35. The van der Waals surface area contributed by atoms with Crippen molar-refractivity contribution in [1.82, 2.24) is 9.78 Å². The number of anilines is 2. The van der Waals surface area contributed by atoms with Crippen LogP contribution in [0.25, 0.3) is 11.3 Å². The van der Waals surface area contributed by atoms with Gasteiger partial charge in [-0.15, -0.1) is 0 Å². The number of nitrogens with one attached hydrogen (secondary N) is 2. The SMILES string of the molecule is COc1ccc(-c2nn3c(c2C)NC(=O)C[C@H]3C(=O)Nc2ccc(C(C)=O)cc2)cc1. The molecule has 2 amide bonds. The van der Waals surface area contributed by atoms with E-state index in [0.717, 1.165) is 16.9 Å². The van der Waals surface area contributed by atoms with Gasteiger partial charge in [0.1, 0.15) is 17.6 Å². The van der Waals surface area contributed by atoms with Crippen molar-refractivity contribution < 1.29 is 19.1 Å². The second kappa shape index (κ2) is 8.06. The average Bonchev–Trinajstić information content (AvgIpc) is 3.10. The van der Waals surface area contributed by atoms with Gasteiger partial charge in [0.15, 0.2) is 5.78 Å². The summed E-state index contributed by atoms with van der Waals surface area (Å²) in [6, 6.07) is 13.3. The van der Waals surface area contributed by atoms with Gasteiger partial charge in [0.2, 0.25) is 11.8 Å². The predicted octanol–water partition coefficient (Wildman–Crippen LogP) is 3.59. The number of carbonyl (C=O) groups is 3. The number of carbonyl (C=O) groups excluding carboxylic acids is 3. The summed E-state index contributed by atoms with van der Waals surface area (Å²) >= 11 is 0. The minimum atomic E-state index is -0.790. The Labute approximate surface area is 179 Å². The first kappa shape index (κ1) is 20.3. The minimum absolute atomic E-state index is 0.0203. The van der Waals surface area contributed by atoms with E-state index in [1.165, 1.54) is 6.92 Å². The van der Waals surface area contributed by atoms with Crippen LogP contribution in [-0.2, 0) is 9.59 Å². The fourth-order valence-electron chi connectivity index (χ4n) is 3.58. The van der Waals surface area contributed by atoms with Gasteiger partial charge < -0.3 is 15.4 Å². The van der Waals surface area contributed by atoms with Gasteiger partial charge >= 0.3 is 0 Å². The van der Waals surface area contributed by atoms with Crippen molar-refractivity contribution >= 4 is 29.1 Å². The van der Waals surface area contributed by atoms with E-state index in [4.69, 9.17) is 4.74 Å². The number of nitrogens with zero attached hydrogens (tertiary/aromatic N) is 2. The molecule has 3 aromatic rings. The molecule has 1 atom stereocenters. The van der Waals surface area contributed by atoms with Gasteiger partial charge in [-0.05, 0) is 62.4 Å². The van der Waals surface area contributed by atoms with Crippen LogP contribution in [0.2, 0.25) is 0 Å². The number of fused-ring (bicyclic) bond motifs is 1. The average molecular weight is 418 g/mol. The molecule has 0 spiro atoms. The Hall–Kier alpha value is -3.94. The third-order valence-electron chi connectivity index (χ3n) is 5.30. The number of amides is 2. The molecule has 0 radical (unpaired) electrons. The zero-order valence-corrected chi connectivity index (χ0v) is 17.4. The van der Waals surface area contributed by atoms with Crippen LogP contribution in [-0.4, -0.2) is 34.5 Å². The lowest BCUT2D eigenvalue weighted by Gasteiger charge is -2.24. The monoisotopic (exact) mass is 418 g/mol. The lowest BCUT2D eigenvalue weighted by Crippen LogP contribution is -2.35. The molecule has 2 heterocycles. The van der Waals surface area contributed by atoms with Gasteiger partial charge in [0.25, 0.3) is 0 Å². The van der Waals surface area contributed by atoms with Gasteiger partial charge in [-0.3, -0.25) is 14.4 Å². The second-order valence-corrected chi connectivity index (χ2v) is 7.39. The first-order valence-corrected chi connectivity index (χ1v) is 9.82. The molecule has 0 fully saturated rings. The highest BCUT2D eigenvalue weighted by Gasteiger charge is 2.34. The van der Waals surface area contributed by atoms with Gasteiger partial charge in [0.05, 0.1) is 19.2 Å². The molecule has 0 aliphatic carbocycles. The molecule has 158 valence electrons. The van der Waals surface area contributed by atoms with Gasteiger partial charge in [0, 0.05) is 22.4 Å². The molecule has 2 N–H and O–H groups in total. The van der Waals surface area contributed by atoms with E-state index in [9.17, 15) is 14.4 Å². The second-order valence-electron chi connectivity index (χ2n) is 7.39. The summed E-state index contributed by atoms with van der Waals surface area (Å²) in [4.78, 5) is 36.7. The topological polar surface area (TPSA) is 102 Å². The Morgan fingerprint density at radius 2 is 1.81 bits per heavy atom. The van der Waals surface area contributed by atoms with Crippen LogP contribution >= 0.6 is 0 Å². The maximum absolute atomic E-state index is 13.0. The molecule has 2 aromatic carbocycles. The van der Waals surface area contributed by atoms with E-state index in [1.54, 1.807) is 36.1 Å². The highest BCUT2D eigenvalue weighted by atomic mass is 16.5. The molecule has 4 rings (SSSR count). The summed E-state index contributed by atoms with van der Waals surface area (Å²) in [7, 11) is 1.60. The third-order valence-corrected chi connectivity index (χ3v) is 5.30. The van der Waals surface area contributed by atoms with Crippen LogP contribution in [0.3, 0.4) is 0 Å². The molecule has 0 saturated carbocycles. The van der Waals surface area contributed by atoms with E-state index in [1.807, 2.05) is 31.2 Å². The normalized spacial score (nSPS) is 15.1. The number of aromatic nitrogens is 2. The minimum Gasteiger partial charge on any atom is -0.497 e. The van der Waals surface area contributed by atoms with E-state index < -0.39 is 6.04 Å². The molecule has 0 saturated heterocycles. The van der Waals surface area contributed by atoms with Crippen molar-refractivity contribution in [2.45, 2.75) is 26.3 Å². The smallest absolute Gasteiger partial charge is 0.249 e. The molecular weight excluding hydrogens is 396 g/mol. The number of methoxy groups -OCH3 is 1. The summed E-state index contributed by atoms with van der Waals surface area (Å²) in [5.41, 5.74) is 3.42. The van der Waals surface area contributed by atoms with Crippen molar-refractivity contribution in [1.29, 1.82) is 0 Å². The Bertz CT molecular complexity index is 1160. The first-order valence-electron chi connectivity index (χ1n) is 9.82. The largest absolute Gasteiger partial charge is 0.497 e. The van der Waals surface area contributed by atoms with E-state index in [2.05, 4.69) is 15.7 Å². The molecule has 0 bridgehead atoms. The first-order chi connectivity index (χ1) is 14.9. The molecule has 8 nitrogen and oxygen atoms in total. The standard InChI is InChI=1S/C23H22N4O4/c1-13-21(16-6-10-18(31-3)11-7-16)26-27-19(12-20(29)25-22(13)27)23(30)24-17-8-4-15(5-9-17)14(2)28/h4-11,19H,12H2,1-3H3,(H,24,30)(H,25,29)/t19-/m0/s1. The van der Waals surface area contributed by atoms with Gasteiger partial charge in [-0.1, -0.05) is 0 Å². The van der Waals surface area contributed by atoms with Crippen LogP contribution < -0.4 is 15.4 Å². The van der Waals surface area contributed by atoms with E-state index in [-0.39, 0.29) is 24.0 Å². The summed E-state index contributed by atoms with van der Waals surface area (Å²) < 4.78 is 6.77. The van der Waals surface area contributed by atoms with Crippen molar-refractivity contribution in [3.63, 3.8) is 0 Å². The molecule has 8 heteroatoms. The lowest BCUT2D eigenvalue weighted by molar-refractivity contribution is -0.125. The van der Waals surface area contributed by atoms with Crippen molar-refractivity contribution in [3.8, 4) is 17.0 Å². The Morgan fingerprint density at radius 1 is 1.13 bits per heavy atom. The van der Waals surface area contributed by atoms with E-state index >= 15 is 0 Å². The van der Waals surface area contributed by atoms with Gasteiger partial charge in [-0.2, -0.15) is 5.10 Å². The highest BCUT2D eigenvalue weighted by molar-refractivity contribution is 6.02. The quantitative estimate of drug-likeness (QED) is 0.617. The number of ether oxygens (including phenoxy) is 1. The van der Waals surface area contributed by atoms with Crippen LogP contribution in [0.4, 0.5) is 11.5 Å². The number of hydrogen-bond acceptors (Lipinski definition) is 5. The number of ketones is 1. The predicted molar refractivity (Wildman–Crippen MR) is 116 cm³/mol. The summed E-state index contributed by atoms with van der Waals surface area (Å²) in [6.45, 7) is 3.34. The van der Waals surface area contributed by atoms with Crippen LogP contribution in [0, 0.1) is 6.92 Å².